The van der Waals surface area contributed by atoms with Crippen LogP contribution >= 0.6 is 0 Å². The summed E-state index contributed by atoms with van der Waals surface area (Å²) in [6.07, 6.45) is 1.81. The highest BCUT2D eigenvalue weighted by atomic mass is 15.1. The van der Waals surface area contributed by atoms with Crippen molar-refractivity contribution in [3.8, 4) is 45.1 Å². The molecule has 4 heterocycles. The van der Waals surface area contributed by atoms with Crippen LogP contribution in [0.25, 0.3) is 88.8 Å². The molecule has 4 nitrogen and oxygen atoms in total. The lowest BCUT2D eigenvalue weighted by molar-refractivity contribution is 1.08. The van der Waals surface area contributed by atoms with E-state index < -0.39 is 0 Å². The number of hydrogen-bond donors (Lipinski definition) is 0. The maximum atomic E-state index is 5.08. The van der Waals surface area contributed by atoms with Crippen molar-refractivity contribution in [2.45, 2.75) is 0 Å². The Labute approximate surface area is 289 Å². The van der Waals surface area contributed by atoms with Crippen LogP contribution in [0.5, 0.6) is 0 Å². The van der Waals surface area contributed by atoms with Gasteiger partial charge in [0, 0.05) is 33.4 Å². The fourth-order valence-electron chi connectivity index (χ4n) is 7.47. The number of benzene rings is 6. The molecule has 0 saturated heterocycles. The Kier molecular flexibility index (Phi) is 6.46. The zero-order valence-electron chi connectivity index (χ0n) is 27.1. The van der Waals surface area contributed by atoms with Crippen LogP contribution in [0.1, 0.15) is 0 Å². The molecule has 0 aliphatic rings. The summed E-state index contributed by atoms with van der Waals surface area (Å²) in [6, 6.07) is 62.6. The van der Waals surface area contributed by atoms with Crippen LogP contribution in [0.2, 0.25) is 0 Å². The van der Waals surface area contributed by atoms with E-state index in [0.29, 0.717) is 0 Å². The third-order valence-electron chi connectivity index (χ3n) is 9.78. The molecule has 4 aromatic heterocycles. The van der Waals surface area contributed by atoms with E-state index in [1.54, 1.807) is 0 Å². The van der Waals surface area contributed by atoms with Gasteiger partial charge in [0.1, 0.15) is 5.82 Å². The smallest absolute Gasteiger partial charge is 0.138 e. The van der Waals surface area contributed by atoms with Crippen molar-refractivity contribution in [1.82, 2.24) is 19.1 Å². The van der Waals surface area contributed by atoms with E-state index in [2.05, 4.69) is 166 Å². The van der Waals surface area contributed by atoms with E-state index in [9.17, 15) is 0 Å². The van der Waals surface area contributed by atoms with Gasteiger partial charge in [0.2, 0.25) is 0 Å². The highest BCUT2D eigenvalue weighted by molar-refractivity contribution is 6.13. The van der Waals surface area contributed by atoms with E-state index in [1.165, 1.54) is 54.8 Å². The van der Waals surface area contributed by atoms with Gasteiger partial charge in [-0.2, -0.15) is 0 Å². The van der Waals surface area contributed by atoms with Gasteiger partial charge in [-0.05, 0) is 101 Å². The van der Waals surface area contributed by atoms with Crippen molar-refractivity contribution in [2.24, 2.45) is 0 Å². The molecular weight excluding hydrogens is 609 g/mol. The molecule has 4 heteroatoms. The van der Waals surface area contributed by atoms with Crippen molar-refractivity contribution in [2.75, 3.05) is 0 Å². The van der Waals surface area contributed by atoms with E-state index in [-0.39, 0.29) is 0 Å². The maximum absolute atomic E-state index is 5.08. The van der Waals surface area contributed by atoms with Crippen LogP contribution < -0.4 is 0 Å². The Morgan fingerprint density at radius 1 is 0.340 bits per heavy atom. The molecule has 0 bridgehead atoms. The van der Waals surface area contributed by atoms with Gasteiger partial charge in [-0.1, -0.05) is 97.1 Å². The zero-order valence-corrected chi connectivity index (χ0v) is 27.1. The number of hydrogen-bond acceptors (Lipinski definition) is 2. The molecule has 0 aliphatic heterocycles. The predicted molar refractivity (Wildman–Crippen MR) is 207 cm³/mol. The fraction of sp³-hybridized carbons (Fsp3) is 0. The molecule has 50 heavy (non-hydrogen) atoms. The number of para-hydroxylation sites is 2. The molecule has 0 aliphatic carbocycles. The lowest BCUT2D eigenvalue weighted by atomic mass is 9.99. The standard InChI is InChI=1S/C46H30N4/c1-3-12-31(13-4-1)32-21-24-43-38(28-32)39-30-34(22-25-44(39)49(43)35-14-5-2-6-15-35)33-23-26-45-37(29-33)36-16-7-8-19-42(36)50(45)46-20-11-18-41(48-46)40-17-9-10-27-47-40/h1-30H. The molecule has 6 aromatic carbocycles. The minimum Gasteiger partial charge on any atom is -0.309 e. The number of nitrogens with zero attached hydrogens (tertiary/aromatic N) is 4. The average Bonchev–Trinajstić information content (AvgIpc) is 3.71. The Bertz CT molecular complexity index is 2850. The van der Waals surface area contributed by atoms with Crippen LogP contribution in [0.15, 0.2) is 182 Å². The number of rotatable bonds is 5. The van der Waals surface area contributed by atoms with Crippen molar-refractivity contribution in [3.63, 3.8) is 0 Å². The van der Waals surface area contributed by atoms with E-state index >= 15 is 0 Å². The molecule has 0 atom stereocenters. The number of aromatic nitrogens is 4. The highest BCUT2D eigenvalue weighted by Crippen LogP contribution is 2.39. The lowest BCUT2D eigenvalue weighted by Gasteiger charge is -2.10. The molecule has 0 saturated carbocycles. The summed E-state index contributed by atoms with van der Waals surface area (Å²) in [4.78, 5) is 9.63. The maximum Gasteiger partial charge on any atom is 0.138 e. The minimum atomic E-state index is 0.851. The van der Waals surface area contributed by atoms with Crippen molar-refractivity contribution >= 4 is 43.6 Å². The van der Waals surface area contributed by atoms with Gasteiger partial charge < -0.3 is 4.57 Å². The summed E-state index contributed by atoms with van der Waals surface area (Å²) < 4.78 is 4.65. The largest absolute Gasteiger partial charge is 0.309 e. The van der Waals surface area contributed by atoms with Crippen LogP contribution in [-0.2, 0) is 0 Å². The summed E-state index contributed by atoms with van der Waals surface area (Å²) in [7, 11) is 0. The van der Waals surface area contributed by atoms with Gasteiger partial charge >= 0.3 is 0 Å². The first-order valence-corrected chi connectivity index (χ1v) is 16.9. The fourth-order valence-corrected chi connectivity index (χ4v) is 7.47. The highest BCUT2D eigenvalue weighted by Gasteiger charge is 2.17. The molecule has 0 amide bonds. The molecule has 234 valence electrons. The topological polar surface area (TPSA) is 35.6 Å². The molecule has 0 N–H and O–H groups in total. The van der Waals surface area contributed by atoms with Gasteiger partial charge in [0.05, 0.1) is 33.5 Å². The Balaban J connectivity index is 1.16. The first-order chi connectivity index (χ1) is 24.8. The lowest BCUT2D eigenvalue weighted by Crippen LogP contribution is -1.98. The second-order valence-electron chi connectivity index (χ2n) is 12.7. The summed E-state index contributed by atoms with van der Waals surface area (Å²) in [5.41, 5.74) is 12.3. The van der Waals surface area contributed by atoms with Crippen molar-refractivity contribution < 1.29 is 0 Å². The third-order valence-corrected chi connectivity index (χ3v) is 9.78. The van der Waals surface area contributed by atoms with Crippen LogP contribution in [0, 0.1) is 0 Å². The minimum absolute atomic E-state index is 0.851. The second-order valence-corrected chi connectivity index (χ2v) is 12.7. The van der Waals surface area contributed by atoms with Crippen molar-refractivity contribution in [1.29, 1.82) is 0 Å². The van der Waals surface area contributed by atoms with Crippen LogP contribution in [-0.4, -0.2) is 19.1 Å². The average molecular weight is 639 g/mol. The third kappa shape index (κ3) is 4.54. The summed E-state index contributed by atoms with van der Waals surface area (Å²) in [5, 5.41) is 4.87. The van der Waals surface area contributed by atoms with Gasteiger partial charge in [0.15, 0.2) is 0 Å². The molecular formula is C46H30N4. The van der Waals surface area contributed by atoms with Gasteiger partial charge in [0.25, 0.3) is 0 Å². The van der Waals surface area contributed by atoms with Crippen LogP contribution in [0.3, 0.4) is 0 Å². The quantitative estimate of drug-likeness (QED) is 0.188. The van der Waals surface area contributed by atoms with Crippen LogP contribution in [0.4, 0.5) is 0 Å². The number of fused-ring (bicyclic) bond motifs is 6. The van der Waals surface area contributed by atoms with Crippen molar-refractivity contribution in [3.05, 3.63) is 182 Å². The summed E-state index contributed by atoms with van der Waals surface area (Å²) >= 11 is 0. The second kappa shape index (κ2) is 11.4. The number of pyridine rings is 2. The van der Waals surface area contributed by atoms with E-state index in [0.717, 1.165) is 33.9 Å². The first-order valence-electron chi connectivity index (χ1n) is 16.9. The Morgan fingerprint density at radius 2 is 0.880 bits per heavy atom. The first kappa shape index (κ1) is 28.3. The molecule has 0 radical (unpaired) electrons. The molecule has 0 spiro atoms. The van der Waals surface area contributed by atoms with E-state index in [4.69, 9.17) is 4.98 Å². The SMILES string of the molecule is c1ccc(-c2ccc3c(c2)c2cc(-c4ccc5c(c4)c4ccccc4n5-c4cccc(-c5ccccn5)n4)ccc2n3-c2ccccc2)cc1. The van der Waals surface area contributed by atoms with E-state index in [1.807, 2.05) is 30.5 Å². The summed E-state index contributed by atoms with van der Waals surface area (Å²) in [5.74, 6) is 0.872. The molecule has 0 fully saturated rings. The zero-order chi connectivity index (χ0) is 33.0. The Hall–Kier alpha value is -6.78. The van der Waals surface area contributed by atoms with Gasteiger partial charge in [-0.25, -0.2) is 4.98 Å². The normalized spacial score (nSPS) is 11.6. The monoisotopic (exact) mass is 638 g/mol. The summed E-state index contributed by atoms with van der Waals surface area (Å²) in [6.45, 7) is 0. The van der Waals surface area contributed by atoms with Gasteiger partial charge in [-0.3, -0.25) is 9.55 Å². The van der Waals surface area contributed by atoms with Gasteiger partial charge in [-0.15, -0.1) is 0 Å². The predicted octanol–water partition coefficient (Wildman–Crippen LogP) is 11.7. The molecule has 0 unspecified atom stereocenters. The molecule has 10 aromatic rings. The Morgan fingerprint density at radius 3 is 1.56 bits per heavy atom. The molecule has 10 rings (SSSR count).